The highest BCUT2D eigenvalue weighted by molar-refractivity contribution is 6.24. The predicted octanol–water partition coefficient (Wildman–Crippen LogP) is -1.56. The number of hydrogen-bond donors (Lipinski definition) is 2. The van der Waals surface area contributed by atoms with E-state index in [1.165, 1.54) is 0 Å². The van der Waals surface area contributed by atoms with Gasteiger partial charge in [-0.1, -0.05) is 0 Å². The van der Waals surface area contributed by atoms with Gasteiger partial charge in [-0.3, -0.25) is 4.46 Å². The molecule has 0 rings (SSSR count). The van der Waals surface area contributed by atoms with E-state index >= 15 is 0 Å². The Morgan fingerprint density at radius 2 is 1.54 bits per heavy atom. The van der Waals surface area contributed by atoms with Crippen LogP contribution in [0.2, 0.25) is 0 Å². The summed E-state index contributed by atoms with van der Waals surface area (Å²) in [6.45, 7) is 1.44. The molecule has 0 radical (unpaired) electrons. The first-order valence-electron chi connectivity index (χ1n) is 3.89. The molecule has 0 heterocycles. The fourth-order valence-electron chi connectivity index (χ4n) is 0.574. The second kappa shape index (κ2) is 9.58. The lowest BCUT2D eigenvalue weighted by atomic mass is 10.7. The molecule has 0 saturated heterocycles. The van der Waals surface area contributed by atoms with Gasteiger partial charge in [0.05, 0.1) is 39.6 Å². The zero-order valence-electron chi connectivity index (χ0n) is 7.27. The van der Waals surface area contributed by atoms with Crippen molar-refractivity contribution in [1.29, 1.82) is 0 Å². The quantitative estimate of drug-likeness (QED) is 0.353. The molecule has 0 aliphatic rings. The maximum absolute atomic E-state index is 10.0. The van der Waals surface area contributed by atoms with Crippen molar-refractivity contribution < 1.29 is 28.3 Å². The fourth-order valence-corrected chi connectivity index (χ4v) is 0.832. The summed E-state index contributed by atoms with van der Waals surface area (Å²) in [6.07, 6.45) is 0. The minimum atomic E-state index is -2.83. The zero-order chi connectivity index (χ0) is 9.94. The van der Waals surface area contributed by atoms with Crippen LogP contribution >= 0.6 is 0 Å². The minimum absolute atomic E-state index is 0.00437. The molecule has 0 spiro atoms. The lowest BCUT2D eigenvalue weighted by Crippen LogP contribution is -2.14. The second-order valence-electron chi connectivity index (χ2n) is 2.06. The average Bonchev–Trinajstić information content (AvgIpc) is 2.09. The van der Waals surface area contributed by atoms with Crippen molar-refractivity contribution in [3.63, 3.8) is 0 Å². The molecule has 2 N–H and O–H groups in total. The Labute approximate surface area is 77.9 Å². The van der Waals surface area contributed by atoms with Crippen LogP contribution in [0.25, 0.3) is 0 Å². The lowest BCUT2D eigenvalue weighted by molar-refractivity contribution is 0.0219. The largest absolute Gasteiger partial charge is 0.764 e. The first kappa shape index (κ1) is 12.5. The van der Waals surface area contributed by atoms with E-state index in [4.69, 9.17) is 19.4 Å². The zero-order valence-corrected chi connectivity index (χ0v) is 8.27. The minimum Gasteiger partial charge on any atom is -0.511 e. The molecule has 0 aliphatic heterocycles. The molecule has 7 heteroatoms. The van der Waals surface area contributed by atoms with Gasteiger partial charge in [-0.2, -0.15) is 0 Å². The molecule has 0 saturated carbocycles. The van der Waals surface area contributed by atoms with Crippen molar-refractivity contribution in [2.45, 2.75) is 0 Å². The van der Waals surface area contributed by atoms with E-state index in [-0.39, 0.29) is 19.8 Å². The maximum atomic E-state index is 10.0. The summed E-state index contributed by atoms with van der Waals surface area (Å²) in [5.41, 5.74) is 0. The molecular formula is C6H14O6Si. The number of ether oxygens (including phenoxy) is 2. The van der Waals surface area contributed by atoms with E-state index in [2.05, 4.69) is 4.43 Å². The summed E-state index contributed by atoms with van der Waals surface area (Å²) in [7, 11) is -2.83. The van der Waals surface area contributed by atoms with Gasteiger partial charge in [0.25, 0.3) is 0 Å². The van der Waals surface area contributed by atoms with Crippen LogP contribution in [0.1, 0.15) is 0 Å². The summed E-state index contributed by atoms with van der Waals surface area (Å²) in [5, 5.41) is 8.32. The topological polar surface area (TPSA) is 85.2 Å². The van der Waals surface area contributed by atoms with Crippen molar-refractivity contribution in [2.24, 2.45) is 0 Å². The summed E-state index contributed by atoms with van der Waals surface area (Å²) in [5.74, 6) is 0. The van der Waals surface area contributed by atoms with Crippen LogP contribution in [0, 0.1) is 0 Å². The van der Waals surface area contributed by atoms with Crippen molar-refractivity contribution >= 4 is 9.17 Å². The third-order valence-corrected chi connectivity index (χ3v) is 1.51. The monoisotopic (exact) mass is 210 g/mol. The third kappa shape index (κ3) is 11.5. The van der Waals surface area contributed by atoms with Crippen molar-refractivity contribution in [3.8, 4) is 0 Å². The van der Waals surface area contributed by atoms with Gasteiger partial charge in [0.2, 0.25) is 0 Å². The standard InChI is InChI=1S/C6H14O6Si/c7-1-2-10-3-4-11-5-6-12-13(8)9/h7-8H,1-6H2. The van der Waals surface area contributed by atoms with Gasteiger partial charge < -0.3 is 23.8 Å². The molecule has 0 aliphatic carbocycles. The maximum Gasteiger partial charge on any atom is 0.764 e. The van der Waals surface area contributed by atoms with Gasteiger partial charge in [0, 0.05) is 0 Å². The normalized spacial score (nSPS) is 9.92. The SMILES string of the molecule is O=[Si](O)OCCOCCOCCO. The smallest absolute Gasteiger partial charge is 0.511 e. The van der Waals surface area contributed by atoms with Gasteiger partial charge in [-0.25, -0.2) is 0 Å². The molecule has 0 bridgehead atoms. The second-order valence-corrected chi connectivity index (χ2v) is 2.88. The van der Waals surface area contributed by atoms with E-state index in [1.807, 2.05) is 0 Å². The molecule has 6 nitrogen and oxygen atoms in total. The Hall–Kier alpha value is -0.503. The van der Waals surface area contributed by atoms with Gasteiger partial charge in [0.1, 0.15) is 0 Å². The average molecular weight is 210 g/mol. The Kier molecular flexibility index (Phi) is 9.21. The summed E-state index contributed by atoms with van der Waals surface area (Å²) in [6, 6.07) is 0. The molecule has 13 heavy (non-hydrogen) atoms. The van der Waals surface area contributed by atoms with Crippen LogP contribution in [-0.4, -0.2) is 58.7 Å². The van der Waals surface area contributed by atoms with Crippen molar-refractivity contribution in [1.82, 2.24) is 0 Å². The summed E-state index contributed by atoms with van der Waals surface area (Å²) < 4.78 is 24.2. The molecule has 78 valence electrons. The van der Waals surface area contributed by atoms with E-state index in [1.54, 1.807) is 0 Å². The molecule has 0 aromatic heterocycles. The van der Waals surface area contributed by atoms with Crippen LogP contribution in [-0.2, 0) is 18.4 Å². The predicted molar refractivity (Wildman–Crippen MR) is 43.3 cm³/mol. The first-order valence-corrected chi connectivity index (χ1v) is 5.16. The Balaban J connectivity index is 2.87. The first-order chi connectivity index (χ1) is 6.27. The molecule has 0 aromatic carbocycles. The molecular weight excluding hydrogens is 196 g/mol. The molecule has 0 atom stereocenters. The Morgan fingerprint density at radius 3 is 2.08 bits per heavy atom. The van der Waals surface area contributed by atoms with E-state index in [0.717, 1.165) is 0 Å². The number of aliphatic hydroxyl groups excluding tert-OH is 1. The summed E-state index contributed by atoms with van der Waals surface area (Å²) in [4.78, 5) is 8.24. The van der Waals surface area contributed by atoms with Gasteiger partial charge in [-0.05, 0) is 0 Å². The molecule has 0 aromatic rings. The third-order valence-electron chi connectivity index (χ3n) is 1.06. The highest BCUT2D eigenvalue weighted by atomic mass is 28.3. The van der Waals surface area contributed by atoms with Crippen LogP contribution in [0.4, 0.5) is 0 Å². The van der Waals surface area contributed by atoms with Crippen LogP contribution < -0.4 is 0 Å². The lowest BCUT2D eigenvalue weighted by Gasteiger charge is -2.04. The number of rotatable bonds is 9. The Bertz CT molecular complexity index is 130. The number of hydrogen-bond acceptors (Lipinski definition) is 5. The molecule has 0 unspecified atom stereocenters. The molecule has 0 fully saturated rings. The van der Waals surface area contributed by atoms with Gasteiger partial charge >= 0.3 is 9.17 Å². The van der Waals surface area contributed by atoms with Crippen molar-refractivity contribution in [3.05, 3.63) is 0 Å². The highest BCUT2D eigenvalue weighted by Crippen LogP contribution is 1.79. The van der Waals surface area contributed by atoms with Gasteiger partial charge in [0.15, 0.2) is 0 Å². The van der Waals surface area contributed by atoms with Crippen LogP contribution in [0.5, 0.6) is 0 Å². The van der Waals surface area contributed by atoms with Crippen molar-refractivity contribution in [2.75, 3.05) is 39.6 Å². The highest BCUT2D eigenvalue weighted by Gasteiger charge is 2.01. The fraction of sp³-hybridized carbons (Fsp3) is 1.00. The number of aliphatic hydroxyl groups is 1. The van der Waals surface area contributed by atoms with E-state index in [9.17, 15) is 4.46 Å². The van der Waals surface area contributed by atoms with E-state index in [0.29, 0.717) is 19.8 Å². The van der Waals surface area contributed by atoms with Gasteiger partial charge in [-0.15, -0.1) is 0 Å². The Morgan fingerprint density at radius 1 is 1.00 bits per heavy atom. The van der Waals surface area contributed by atoms with Crippen LogP contribution in [0.15, 0.2) is 0 Å². The van der Waals surface area contributed by atoms with E-state index < -0.39 is 9.17 Å². The summed E-state index contributed by atoms with van der Waals surface area (Å²) >= 11 is 0. The molecule has 0 amide bonds. The van der Waals surface area contributed by atoms with Crippen LogP contribution in [0.3, 0.4) is 0 Å².